The molecule has 6 nitrogen and oxygen atoms in total. The summed E-state index contributed by atoms with van der Waals surface area (Å²) in [6, 6.07) is 0. The SMILES string of the molecule is COC1CN(C(=O)c2c(C)[nH]c(C(=O)O)c2C)CCC1C. The van der Waals surface area contributed by atoms with Gasteiger partial charge < -0.3 is 19.7 Å². The van der Waals surface area contributed by atoms with E-state index >= 15 is 0 Å². The van der Waals surface area contributed by atoms with Crippen molar-refractivity contribution >= 4 is 11.9 Å². The van der Waals surface area contributed by atoms with Crippen LogP contribution in [-0.4, -0.2) is 53.2 Å². The van der Waals surface area contributed by atoms with Crippen LogP contribution < -0.4 is 0 Å². The molecule has 0 saturated carbocycles. The van der Waals surface area contributed by atoms with Gasteiger partial charge in [0.1, 0.15) is 5.69 Å². The van der Waals surface area contributed by atoms with Crippen LogP contribution >= 0.6 is 0 Å². The highest BCUT2D eigenvalue weighted by molar-refractivity contribution is 6.00. The fourth-order valence-electron chi connectivity index (χ4n) is 2.97. The second-order valence-corrected chi connectivity index (χ2v) is 5.72. The molecule has 2 heterocycles. The number of aromatic carboxylic acids is 1. The van der Waals surface area contributed by atoms with Gasteiger partial charge in [0.25, 0.3) is 5.91 Å². The summed E-state index contributed by atoms with van der Waals surface area (Å²) in [5.41, 5.74) is 1.65. The smallest absolute Gasteiger partial charge is 0.352 e. The lowest BCUT2D eigenvalue weighted by Crippen LogP contribution is -2.46. The number of rotatable bonds is 3. The number of hydrogen-bond acceptors (Lipinski definition) is 3. The van der Waals surface area contributed by atoms with Crippen molar-refractivity contribution in [1.82, 2.24) is 9.88 Å². The maximum absolute atomic E-state index is 12.7. The summed E-state index contributed by atoms with van der Waals surface area (Å²) < 4.78 is 5.43. The fourth-order valence-corrected chi connectivity index (χ4v) is 2.97. The largest absolute Gasteiger partial charge is 0.477 e. The molecule has 21 heavy (non-hydrogen) atoms. The summed E-state index contributed by atoms with van der Waals surface area (Å²) in [4.78, 5) is 28.4. The fraction of sp³-hybridized carbons (Fsp3) is 0.600. The van der Waals surface area contributed by atoms with Gasteiger partial charge in [0.2, 0.25) is 0 Å². The predicted octanol–water partition coefficient (Wildman–Crippen LogP) is 1.83. The molecular weight excluding hydrogens is 272 g/mol. The lowest BCUT2D eigenvalue weighted by molar-refractivity contribution is -0.00161. The monoisotopic (exact) mass is 294 g/mol. The van der Waals surface area contributed by atoms with E-state index in [1.807, 2.05) is 0 Å². The molecule has 2 unspecified atom stereocenters. The highest BCUT2D eigenvalue weighted by Crippen LogP contribution is 2.24. The Balaban J connectivity index is 2.27. The van der Waals surface area contributed by atoms with Crippen LogP contribution in [0, 0.1) is 19.8 Å². The van der Waals surface area contributed by atoms with Crippen molar-refractivity contribution in [3.63, 3.8) is 0 Å². The molecule has 0 aliphatic carbocycles. The lowest BCUT2D eigenvalue weighted by atomic mass is 9.95. The first kappa shape index (κ1) is 15.6. The number of amides is 1. The number of H-pyrrole nitrogens is 1. The predicted molar refractivity (Wildman–Crippen MR) is 77.7 cm³/mol. The van der Waals surface area contributed by atoms with Gasteiger partial charge in [0.05, 0.1) is 11.7 Å². The molecule has 2 rings (SSSR count). The molecule has 0 spiro atoms. The van der Waals surface area contributed by atoms with Crippen LogP contribution in [0.15, 0.2) is 0 Å². The third-order valence-electron chi connectivity index (χ3n) is 4.34. The van der Waals surface area contributed by atoms with Crippen LogP contribution in [0.2, 0.25) is 0 Å². The molecule has 1 saturated heterocycles. The summed E-state index contributed by atoms with van der Waals surface area (Å²) in [6.45, 7) is 6.73. The van der Waals surface area contributed by atoms with E-state index in [1.54, 1.807) is 25.9 Å². The minimum absolute atomic E-state index is 0.0289. The number of carbonyl (C=O) groups is 2. The zero-order valence-corrected chi connectivity index (χ0v) is 12.9. The van der Waals surface area contributed by atoms with Crippen LogP contribution in [0.1, 0.15) is 45.4 Å². The maximum Gasteiger partial charge on any atom is 0.352 e. The zero-order chi connectivity index (χ0) is 15.7. The van der Waals surface area contributed by atoms with Gasteiger partial charge in [0.15, 0.2) is 0 Å². The van der Waals surface area contributed by atoms with Gasteiger partial charge in [-0.15, -0.1) is 0 Å². The summed E-state index contributed by atoms with van der Waals surface area (Å²) in [7, 11) is 1.66. The average molecular weight is 294 g/mol. The van der Waals surface area contributed by atoms with E-state index in [1.165, 1.54) is 0 Å². The highest BCUT2D eigenvalue weighted by atomic mass is 16.5. The average Bonchev–Trinajstić information content (AvgIpc) is 2.74. The number of ether oxygens (including phenoxy) is 1. The first-order chi connectivity index (χ1) is 9.86. The van der Waals surface area contributed by atoms with Gasteiger partial charge in [-0.3, -0.25) is 4.79 Å². The zero-order valence-electron chi connectivity index (χ0n) is 12.9. The van der Waals surface area contributed by atoms with E-state index in [4.69, 9.17) is 9.84 Å². The van der Waals surface area contributed by atoms with Gasteiger partial charge in [-0.05, 0) is 31.7 Å². The van der Waals surface area contributed by atoms with Crippen molar-refractivity contribution in [3.8, 4) is 0 Å². The highest BCUT2D eigenvalue weighted by Gasteiger charge is 2.32. The topological polar surface area (TPSA) is 82.6 Å². The Kier molecular flexibility index (Phi) is 4.37. The Morgan fingerprint density at radius 3 is 2.57 bits per heavy atom. The Labute approximate surface area is 124 Å². The molecule has 116 valence electrons. The van der Waals surface area contributed by atoms with Crippen LogP contribution in [0.25, 0.3) is 0 Å². The number of piperidine rings is 1. The van der Waals surface area contributed by atoms with Gasteiger partial charge in [0, 0.05) is 25.9 Å². The third-order valence-corrected chi connectivity index (χ3v) is 4.34. The summed E-state index contributed by atoms with van der Waals surface area (Å²) >= 11 is 0. The first-order valence-electron chi connectivity index (χ1n) is 7.11. The second-order valence-electron chi connectivity index (χ2n) is 5.72. The van der Waals surface area contributed by atoms with Crippen molar-refractivity contribution in [1.29, 1.82) is 0 Å². The van der Waals surface area contributed by atoms with E-state index in [2.05, 4.69) is 11.9 Å². The van der Waals surface area contributed by atoms with Gasteiger partial charge in [-0.25, -0.2) is 4.79 Å². The van der Waals surface area contributed by atoms with E-state index in [9.17, 15) is 9.59 Å². The molecule has 0 bridgehead atoms. The molecule has 6 heteroatoms. The van der Waals surface area contributed by atoms with Crippen molar-refractivity contribution < 1.29 is 19.4 Å². The van der Waals surface area contributed by atoms with Crippen molar-refractivity contribution in [2.45, 2.75) is 33.3 Å². The Morgan fingerprint density at radius 1 is 1.38 bits per heavy atom. The van der Waals surface area contributed by atoms with Gasteiger partial charge in [-0.2, -0.15) is 0 Å². The van der Waals surface area contributed by atoms with Crippen LogP contribution in [0.4, 0.5) is 0 Å². The molecule has 2 atom stereocenters. The van der Waals surface area contributed by atoms with Crippen molar-refractivity contribution in [2.24, 2.45) is 5.92 Å². The van der Waals surface area contributed by atoms with E-state index in [0.717, 1.165) is 6.42 Å². The number of carbonyl (C=O) groups excluding carboxylic acids is 1. The number of methoxy groups -OCH3 is 1. The molecular formula is C15H22N2O4. The third kappa shape index (κ3) is 2.81. The number of nitrogens with zero attached hydrogens (tertiary/aromatic N) is 1. The number of carboxylic acid groups (broad SMARTS) is 1. The number of aromatic amines is 1. The molecule has 2 N–H and O–H groups in total. The van der Waals surface area contributed by atoms with E-state index in [0.29, 0.717) is 35.8 Å². The molecule has 1 aliphatic rings. The summed E-state index contributed by atoms with van der Waals surface area (Å²) in [5, 5.41) is 9.13. The molecule has 0 radical (unpaired) electrons. The minimum atomic E-state index is -1.04. The quantitative estimate of drug-likeness (QED) is 0.891. The van der Waals surface area contributed by atoms with Gasteiger partial charge in [-0.1, -0.05) is 6.92 Å². The lowest BCUT2D eigenvalue weighted by Gasteiger charge is -2.36. The number of aryl methyl sites for hydroxylation is 1. The van der Waals surface area contributed by atoms with Crippen LogP contribution in [-0.2, 0) is 4.74 Å². The summed E-state index contributed by atoms with van der Waals surface area (Å²) in [5.74, 6) is -0.749. The molecule has 1 aliphatic heterocycles. The Bertz CT molecular complexity index is 564. The summed E-state index contributed by atoms with van der Waals surface area (Å²) in [6.07, 6.45) is 0.916. The van der Waals surface area contributed by atoms with Crippen molar-refractivity contribution in [3.05, 3.63) is 22.5 Å². The number of hydrogen-bond donors (Lipinski definition) is 2. The van der Waals surface area contributed by atoms with E-state index in [-0.39, 0.29) is 17.7 Å². The second kappa shape index (κ2) is 5.89. The standard InChI is InChI=1S/C15H22N2O4/c1-8-5-6-17(7-11(8)21-4)14(18)12-9(2)13(15(19)20)16-10(12)3/h8,11,16H,5-7H2,1-4H3,(H,19,20). The Hall–Kier alpha value is -1.82. The number of aromatic nitrogens is 1. The first-order valence-corrected chi connectivity index (χ1v) is 7.11. The molecule has 1 fully saturated rings. The normalized spacial score (nSPS) is 22.4. The van der Waals surface area contributed by atoms with Gasteiger partial charge >= 0.3 is 5.97 Å². The molecule has 1 aromatic heterocycles. The van der Waals surface area contributed by atoms with Crippen LogP contribution in [0.5, 0.6) is 0 Å². The van der Waals surface area contributed by atoms with Crippen molar-refractivity contribution in [2.75, 3.05) is 20.2 Å². The number of likely N-dealkylation sites (tertiary alicyclic amines) is 1. The number of carboxylic acids is 1. The molecule has 0 aromatic carbocycles. The number of nitrogens with one attached hydrogen (secondary N) is 1. The molecule has 1 aromatic rings. The Morgan fingerprint density at radius 2 is 2.05 bits per heavy atom. The van der Waals surface area contributed by atoms with Crippen LogP contribution in [0.3, 0.4) is 0 Å². The van der Waals surface area contributed by atoms with E-state index < -0.39 is 5.97 Å². The maximum atomic E-state index is 12.7. The molecule has 1 amide bonds. The minimum Gasteiger partial charge on any atom is -0.477 e.